The standard InChI is InChI=1S/C12H19N3O3S/c1-3-4-15-8-13-5-10(15)6-19-7-11(12(17)18)14-9(2)16/h5,8,11H,3-4,6-7H2,1-2H3,(H,14,16)(H,17,18). The third-order valence-electron chi connectivity index (χ3n) is 2.47. The molecule has 0 saturated carbocycles. The molecule has 0 aromatic carbocycles. The second kappa shape index (κ2) is 7.83. The number of imidazole rings is 1. The molecule has 0 radical (unpaired) electrons. The minimum absolute atomic E-state index is 0.330. The maximum Gasteiger partial charge on any atom is 0.327 e. The Balaban J connectivity index is 2.45. The molecule has 0 fully saturated rings. The number of aromatic nitrogens is 2. The van der Waals surface area contributed by atoms with E-state index in [1.165, 1.54) is 18.7 Å². The van der Waals surface area contributed by atoms with Crippen molar-refractivity contribution in [2.24, 2.45) is 0 Å². The number of thioether (sulfide) groups is 1. The van der Waals surface area contributed by atoms with Crippen molar-refractivity contribution in [3.63, 3.8) is 0 Å². The molecule has 7 heteroatoms. The maximum absolute atomic E-state index is 11.0. The highest BCUT2D eigenvalue weighted by atomic mass is 32.2. The topological polar surface area (TPSA) is 84.2 Å². The van der Waals surface area contributed by atoms with Crippen molar-refractivity contribution >= 4 is 23.6 Å². The molecule has 1 heterocycles. The number of carbonyl (C=O) groups is 2. The predicted octanol–water partition coefficient (Wildman–Crippen LogP) is 1.12. The molecule has 1 rings (SSSR count). The third-order valence-corrected chi connectivity index (χ3v) is 3.54. The number of nitrogens with zero attached hydrogens (tertiary/aromatic N) is 2. The van der Waals surface area contributed by atoms with Crippen molar-refractivity contribution in [3.05, 3.63) is 18.2 Å². The molecule has 1 atom stereocenters. The molecule has 1 unspecified atom stereocenters. The number of carboxylic acid groups (broad SMARTS) is 1. The first-order chi connectivity index (χ1) is 9.04. The van der Waals surface area contributed by atoms with Crippen LogP contribution in [0.2, 0.25) is 0 Å². The molecule has 1 amide bonds. The van der Waals surface area contributed by atoms with Gasteiger partial charge in [0.15, 0.2) is 0 Å². The Bertz CT molecular complexity index is 434. The summed E-state index contributed by atoms with van der Waals surface area (Å²) in [5, 5.41) is 11.4. The quantitative estimate of drug-likeness (QED) is 0.747. The maximum atomic E-state index is 11.0. The monoisotopic (exact) mass is 285 g/mol. The third kappa shape index (κ3) is 5.34. The molecule has 0 aliphatic carbocycles. The molecule has 1 aromatic rings. The van der Waals surface area contributed by atoms with E-state index >= 15 is 0 Å². The van der Waals surface area contributed by atoms with Gasteiger partial charge in [-0.1, -0.05) is 6.92 Å². The van der Waals surface area contributed by atoms with Gasteiger partial charge in [0, 0.05) is 36.9 Å². The largest absolute Gasteiger partial charge is 0.480 e. The van der Waals surface area contributed by atoms with E-state index in [4.69, 9.17) is 5.11 Å². The fourth-order valence-corrected chi connectivity index (χ4v) is 2.64. The van der Waals surface area contributed by atoms with Crippen LogP contribution in [0.5, 0.6) is 0 Å². The van der Waals surface area contributed by atoms with Crippen LogP contribution in [-0.2, 0) is 21.9 Å². The van der Waals surface area contributed by atoms with Gasteiger partial charge in [0.1, 0.15) is 6.04 Å². The Morgan fingerprint density at radius 3 is 2.89 bits per heavy atom. The lowest BCUT2D eigenvalue weighted by Gasteiger charge is -2.13. The van der Waals surface area contributed by atoms with Gasteiger partial charge in [-0.25, -0.2) is 9.78 Å². The van der Waals surface area contributed by atoms with Crippen LogP contribution in [-0.4, -0.2) is 38.3 Å². The summed E-state index contributed by atoms with van der Waals surface area (Å²) in [7, 11) is 0. The fourth-order valence-electron chi connectivity index (χ4n) is 1.61. The summed E-state index contributed by atoms with van der Waals surface area (Å²) in [6.07, 6.45) is 4.59. The first-order valence-electron chi connectivity index (χ1n) is 6.11. The Morgan fingerprint density at radius 2 is 2.32 bits per heavy atom. The predicted molar refractivity (Wildman–Crippen MR) is 73.9 cm³/mol. The van der Waals surface area contributed by atoms with Crippen LogP contribution < -0.4 is 5.32 Å². The molecule has 0 aliphatic rings. The van der Waals surface area contributed by atoms with E-state index in [1.807, 2.05) is 0 Å². The SMILES string of the molecule is CCCn1cncc1CSCC(NC(C)=O)C(=O)O. The molecule has 0 aliphatic heterocycles. The smallest absolute Gasteiger partial charge is 0.327 e. The summed E-state index contributed by atoms with van der Waals surface area (Å²) >= 11 is 1.47. The van der Waals surface area contributed by atoms with E-state index in [2.05, 4.69) is 21.8 Å². The Hall–Kier alpha value is -1.50. The van der Waals surface area contributed by atoms with E-state index in [0.29, 0.717) is 11.5 Å². The van der Waals surface area contributed by atoms with Gasteiger partial charge >= 0.3 is 5.97 Å². The Morgan fingerprint density at radius 1 is 1.58 bits per heavy atom. The van der Waals surface area contributed by atoms with E-state index in [-0.39, 0.29) is 5.91 Å². The lowest BCUT2D eigenvalue weighted by atomic mass is 10.3. The van der Waals surface area contributed by atoms with Gasteiger partial charge in [-0.3, -0.25) is 4.79 Å². The highest BCUT2D eigenvalue weighted by Gasteiger charge is 2.18. The molecular weight excluding hydrogens is 266 g/mol. The fraction of sp³-hybridized carbons (Fsp3) is 0.583. The summed E-state index contributed by atoms with van der Waals surface area (Å²) < 4.78 is 2.06. The van der Waals surface area contributed by atoms with Crippen molar-refractivity contribution in [2.75, 3.05) is 5.75 Å². The first-order valence-corrected chi connectivity index (χ1v) is 7.26. The number of carboxylic acids is 1. The Kier molecular flexibility index (Phi) is 6.41. The van der Waals surface area contributed by atoms with Crippen LogP contribution >= 0.6 is 11.8 Å². The van der Waals surface area contributed by atoms with E-state index in [9.17, 15) is 9.59 Å². The lowest BCUT2D eigenvalue weighted by molar-refractivity contribution is -0.140. The molecule has 0 spiro atoms. The summed E-state index contributed by atoms with van der Waals surface area (Å²) in [5.74, 6) is -0.316. The average molecular weight is 285 g/mol. The highest BCUT2D eigenvalue weighted by molar-refractivity contribution is 7.98. The van der Waals surface area contributed by atoms with Crippen molar-refractivity contribution in [1.82, 2.24) is 14.9 Å². The van der Waals surface area contributed by atoms with Gasteiger partial charge in [-0.2, -0.15) is 11.8 Å². The van der Waals surface area contributed by atoms with Gasteiger partial charge in [-0.05, 0) is 6.42 Å². The average Bonchev–Trinajstić information content (AvgIpc) is 2.75. The summed E-state index contributed by atoms with van der Waals surface area (Å²) in [5.41, 5.74) is 1.07. The van der Waals surface area contributed by atoms with Crippen LogP contribution in [0.25, 0.3) is 0 Å². The molecule has 6 nitrogen and oxygen atoms in total. The lowest BCUT2D eigenvalue weighted by Crippen LogP contribution is -2.41. The normalized spacial score (nSPS) is 12.1. The van der Waals surface area contributed by atoms with Crippen LogP contribution in [0, 0.1) is 0 Å². The molecule has 0 bridgehead atoms. The zero-order chi connectivity index (χ0) is 14.3. The number of nitrogens with one attached hydrogen (secondary N) is 1. The molecule has 2 N–H and O–H groups in total. The van der Waals surface area contributed by atoms with Crippen molar-refractivity contribution in [2.45, 2.75) is 38.6 Å². The Labute approximate surface area is 116 Å². The van der Waals surface area contributed by atoms with Gasteiger partial charge < -0.3 is 15.0 Å². The van der Waals surface area contributed by atoms with Crippen molar-refractivity contribution in [3.8, 4) is 0 Å². The molecule has 1 aromatic heterocycles. The minimum atomic E-state index is -1.01. The summed E-state index contributed by atoms with van der Waals surface area (Å²) in [6.45, 7) is 4.31. The number of hydrogen-bond donors (Lipinski definition) is 2. The molecule has 106 valence electrons. The van der Waals surface area contributed by atoms with Crippen LogP contribution in [0.15, 0.2) is 12.5 Å². The first kappa shape index (κ1) is 15.6. The second-order valence-electron chi connectivity index (χ2n) is 4.18. The minimum Gasteiger partial charge on any atom is -0.480 e. The molecular formula is C12H19N3O3S. The number of carbonyl (C=O) groups excluding carboxylic acids is 1. The van der Waals surface area contributed by atoms with Crippen molar-refractivity contribution < 1.29 is 14.7 Å². The van der Waals surface area contributed by atoms with Gasteiger partial charge in [0.05, 0.1) is 6.33 Å². The van der Waals surface area contributed by atoms with E-state index < -0.39 is 12.0 Å². The van der Waals surface area contributed by atoms with Gasteiger partial charge in [-0.15, -0.1) is 0 Å². The van der Waals surface area contributed by atoms with Gasteiger partial charge in [0.2, 0.25) is 5.91 Å². The van der Waals surface area contributed by atoms with Crippen molar-refractivity contribution in [1.29, 1.82) is 0 Å². The zero-order valence-corrected chi connectivity index (χ0v) is 11.9. The highest BCUT2D eigenvalue weighted by Crippen LogP contribution is 2.13. The second-order valence-corrected chi connectivity index (χ2v) is 5.22. The van der Waals surface area contributed by atoms with Crippen LogP contribution in [0.1, 0.15) is 26.0 Å². The number of rotatable bonds is 8. The van der Waals surface area contributed by atoms with Crippen LogP contribution in [0.4, 0.5) is 0 Å². The number of hydrogen-bond acceptors (Lipinski definition) is 4. The molecule has 19 heavy (non-hydrogen) atoms. The zero-order valence-electron chi connectivity index (χ0n) is 11.1. The van der Waals surface area contributed by atoms with Gasteiger partial charge in [0.25, 0.3) is 0 Å². The van der Waals surface area contributed by atoms with E-state index in [0.717, 1.165) is 18.7 Å². The molecule has 0 saturated heterocycles. The summed E-state index contributed by atoms with van der Waals surface area (Å²) in [6, 6.07) is -0.843. The summed E-state index contributed by atoms with van der Waals surface area (Å²) in [4.78, 5) is 25.9. The number of aryl methyl sites for hydroxylation is 1. The van der Waals surface area contributed by atoms with E-state index in [1.54, 1.807) is 12.5 Å². The number of amides is 1. The number of aliphatic carboxylic acids is 1. The van der Waals surface area contributed by atoms with Crippen LogP contribution in [0.3, 0.4) is 0 Å².